The van der Waals surface area contributed by atoms with Gasteiger partial charge in [-0.1, -0.05) is 37.7 Å². The van der Waals surface area contributed by atoms with Gasteiger partial charge in [0.25, 0.3) is 0 Å². The molecule has 0 saturated heterocycles. The van der Waals surface area contributed by atoms with E-state index in [4.69, 9.17) is 4.74 Å². The summed E-state index contributed by atoms with van der Waals surface area (Å²) < 4.78 is 5.20. The van der Waals surface area contributed by atoms with E-state index in [0.717, 1.165) is 59.1 Å². The monoisotopic (exact) mass is 377 g/mol. The number of hydrogen-bond donors (Lipinski definition) is 1. The lowest BCUT2D eigenvalue weighted by Gasteiger charge is -2.10. The van der Waals surface area contributed by atoms with Gasteiger partial charge in [-0.15, -0.1) is 11.8 Å². The van der Waals surface area contributed by atoms with Gasteiger partial charge in [0.15, 0.2) is 5.16 Å². The van der Waals surface area contributed by atoms with Crippen molar-refractivity contribution in [3.63, 3.8) is 0 Å². The van der Waals surface area contributed by atoms with E-state index in [1.165, 1.54) is 5.56 Å². The summed E-state index contributed by atoms with van der Waals surface area (Å²) in [6, 6.07) is 10.3. The number of nitrogens with zero attached hydrogens (tertiary/aromatic N) is 2. The topological polar surface area (TPSA) is 47.0 Å². The first-order chi connectivity index (χ1) is 12.2. The molecule has 0 radical (unpaired) electrons. The molecule has 0 aliphatic heterocycles. The van der Waals surface area contributed by atoms with Crippen LogP contribution >= 0.6 is 23.5 Å². The second kappa shape index (κ2) is 11.3. The van der Waals surface area contributed by atoms with E-state index < -0.39 is 0 Å². The largest absolute Gasteiger partial charge is 0.497 e. The van der Waals surface area contributed by atoms with Crippen molar-refractivity contribution in [1.82, 2.24) is 9.97 Å². The molecule has 2 aromatic rings. The normalized spacial score (nSPS) is 10.7. The van der Waals surface area contributed by atoms with E-state index in [1.807, 2.05) is 12.1 Å². The van der Waals surface area contributed by atoms with Crippen molar-refractivity contribution in [2.24, 2.45) is 0 Å². The smallest absolute Gasteiger partial charge is 0.190 e. The Morgan fingerprint density at radius 2 is 1.72 bits per heavy atom. The Morgan fingerprint density at radius 3 is 2.40 bits per heavy atom. The Labute approximate surface area is 159 Å². The van der Waals surface area contributed by atoms with E-state index in [9.17, 15) is 0 Å². The third-order valence-corrected chi connectivity index (χ3v) is 5.62. The molecular formula is C19H27N3OS2. The number of anilines is 1. The number of ether oxygens (including phenoxy) is 1. The number of benzene rings is 1. The second-order valence-electron chi connectivity index (χ2n) is 5.60. The maximum Gasteiger partial charge on any atom is 0.190 e. The Balaban J connectivity index is 1.95. The van der Waals surface area contributed by atoms with Crippen LogP contribution in [0.4, 0.5) is 5.82 Å². The fraction of sp³-hybridized carbons (Fsp3) is 0.474. The summed E-state index contributed by atoms with van der Waals surface area (Å²) in [5.41, 5.74) is 1.28. The molecule has 1 aromatic heterocycles. The average molecular weight is 378 g/mol. The first-order valence-electron chi connectivity index (χ1n) is 8.76. The zero-order chi connectivity index (χ0) is 17.9. The molecule has 1 N–H and O–H groups in total. The molecule has 0 fully saturated rings. The van der Waals surface area contributed by atoms with Gasteiger partial charge in [0.1, 0.15) is 16.6 Å². The first kappa shape index (κ1) is 19.9. The van der Waals surface area contributed by atoms with Crippen LogP contribution in [0, 0.1) is 0 Å². The molecule has 0 saturated carbocycles. The van der Waals surface area contributed by atoms with Crippen LogP contribution < -0.4 is 10.1 Å². The molecule has 0 unspecified atom stereocenters. The average Bonchev–Trinajstić information content (AvgIpc) is 2.65. The molecule has 1 aromatic carbocycles. The third-order valence-electron chi connectivity index (χ3n) is 3.45. The molecule has 0 aliphatic rings. The fourth-order valence-electron chi connectivity index (χ4n) is 2.16. The van der Waals surface area contributed by atoms with Crippen molar-refractivity contribution in [2.75, 3.05) is 30.5 Å². The minimum atomic E-state index is 0.846. The van der Waals surface area contributed by atoms with Gasteiger partial charge in [0, 0.05) is 18.4 Å². The molecule has 6 heteroatoms. The Bertz CT molecular complexity index is 609. The van der Waals surface area contributed by atoms with Crippen LogP contribution in [0.2, 0.25) is 0 Å². The lowest BCUT2D eigenvalue weighted by molar-refractivity contribution is 0.414. The molecule has 136 valence electrons. The van der Waals surface area contributed by atoms with Crippen molar-refractivity contribution < 1.29 is 4.74 Å². The number of rotatable bonds is 11. The van der Waals surface area contributed by atoms with E-state index in [1.54, 1.807) is 30.6 Å². The highest BCUT2D eigenvalue weighted by molar-refractivity contribution is 7.99. The van der Waals surface area contributed by atoms with Crippen LogP contribution in [0.1, 0.15) is 32.3 Å². The van der Waals surface area contributed by atoms with Crippen LogP contribution in [-0.2, 0) is 6.42 Å². The Hall–Kier alpha value is -1.40. The van der Waals surface area contributed by atoms with E-state index in [2.05, 4.69) is 47.3 Å². The maximum absolute atomic E-state index is 5.20. The molecular weight excluding hydrogens is 350 g/mol. The molecule has 0 atom stereocenters. The Kier molecular flexibility index (Phi) is 8.97. The molecule has 0 amide bonds. The highest BCUT2D eigenvalue weighted by atomic mass is 32.2. The summed E-state index contributed by atoms with van der Waals surface area (Å²) in [4.78, 5) is 9.30. The van der Waals surface area contributed by atoms with Crippen molar-refractivity contribution in [2.45, 2.75) is 43.3 Å². The minimum absolute atomic E-state index is 0.846. The third kappa shape index (κ3) is 7.16. The van der Waals surface area contributed by atoms with Gasteiger partial charge < -0.3 is 10.1 Å². The zero-order valence-electron chi connectivity index (χ0n) is 15.2. The van der Waals surface area contributed by atoms with E-state index in [-0.39, 0.29) is 0 Å². The number of nitrogens with one attached hydrogen (secondary N) is 1. The Morgan fingerprint density at radius 1 is 1.00 bits per heavy atom. The van der Waals surface area contributed by atoms with Gasteiger partial charge in [-0.2, -0.15) is 0 Å². The highest BCUT2D eigenvalue weighted by Gasteiger charge is 2.06. The van der Waals surface area contributed by atoms with Gasteiger partial charge in [-0.3, -0.25) is 0 Å². The minimum Gasteiger partial charge on any atom is -0.497 e. The first-order valence-corrected chi connectivity index (χ1v) is 10.7. The molecule has 1 heterocycles. The van der Waals surface area contributed by atoms with Gasteiger partial charge in [-0.05, 0) is 42.7 Å². The number of aromatic nitrogens is 2. The van der Waals surface area contributed by atoms with Gasteiger partial charge in [0.2, 0.25) is 0 Å². The molecule has 0 spiro atoms. The summed E-state index contributed by atoms with van der Waals surface area (Å²) in [6.07, 6.45) is 3.22. The van der Waals surface area contributed by atoms with Crippen LogP contribution in [0.25, 0.3) is 0 Å². The lowest BCUT2D eigenvalue weighted by Crippen LogP contribution is -2.07. The van der Waals surface area contributed by atoms with Crippen LogP contribution in [-0.4, -0.2) is 35.1 Å². The summed E-state index contributed by atoms with van der Waals surface area (Å²) in [7, 11) is 1.69. The maximum atomic E-state index is 5.20. The standard InChI is InChI=1S/C19H27N3OS2/c1-4-12-24-18-14-17(21-19(22-18)25-13-5-2)20-11-10-15-6-8-16(23-3)9-7-15/h6-9,14H,4-5,10-13H2,1-3H3,(H,20,21,22). The van der Waals surface area contributed by atoms with Crippen molar-refractivity contribution in [1.29, 1.82) is 0 Å². The predicted molar refractivity (Wildman–Crippen MR) is 109 cm³/mol. The molecule has 25 heavy (non-hydrogen) atoms. The van der Waals surface area contributed by atoms with E-state index >= 15 is 0 Å². The summed E-state index contributed by atoms with van der Waals surface area (Å²) in [5.74, 6) is 3.94. The zero-order valence-corrected chi connectivity index (χ0v) is 16.9. The van der Waals surface area contributed by atoms with Crippen molar-refractivity contribution >= 4 is 29.3 Å². The van der Waals surface area contributed by atoms with Crippen molar-refractivity contribution in [3.05, 3.63) is 35.9 Å². The molecule has 4 nitrogen and oxygen atoms in total. The quantitative estimate of drug-likeness (QED) is 0.332. The number of methoxy groups -OCH3 is 1. The van der Waals surface area contributed by atoms with Gasteiger partial charge >= 0.3 is 0 Å². The van der Waals surface area contributed by atoms with Crippen LogP contribution in [0.15, 0.2) is 40.5 Å². The number of hydrogen-bond acceptors (Lipinski definition) is 6. The van der Waals surface area contributed by atoms with Crippen LogP contribution in [0.3, 0.4) is 0 Å². The molecule has 0 bridgehead atoms. The van der Waals surface area contributed by atoms with Gasteiger partial charge in [0.05, 0.1) is 7.11 Å². The van der Waals surface area contributed by atoms with Crippen LogP contribution in [0.5, 0.6) is 5.75 Å². The molecule has 0 aliphatic carbocycles. The molecule has 2 rings (SSSR count). The van der Waals surface area contributed by atoms with E-state index in [0.29, 0.717) is 0 Å². The SMILES string of the molecule is CCCSc1cc(NCCc2ccc(OC)cc2)nc(SCCC)n1. The summed E-state index contributed by atoms with van der Waals surface area (Å²) in [6.45, 7) is 5.21. The number of thioether (sulfide) groups is 2. The van der Waals surface area contributed by atoms with Crippen molar-refractivity contribution in [3.8, 4) is 5.75 Å². The predicted octanol–water partition coefficient (Wildman–Crippen LogP) is 5.14. The fourth-order valence-corrected chi connectivity index (χ4v) is 3.69. The highest BCUT2D eigenvalue weighted by Crippen LogP contribution is 2.24. The summed E-state index contributed by atoms with van der Waals surface area (Å²) >= 11 is 3.52. The van der Waals surface area contributed by atoms with Gasteiger partial charge in [-0.25, -0.2) is 9.97 Å². The lowest BCUT2D eigenvalue weighted by atomic mass is 10.1. The second-order valence-corrected chi connectivity index (χ2v) is 7.77. The summed E-state index contributed by atoms with van der Waals surface area (Å²) in [5, 5.41) is 5.37.